The Morgan fingerprint density at radius 2 is 1.47 bits per heavy atom. The number of hydrogen-bond acceptors (Lipinski definition) is 4. The molecule has 30 heavy (non-hydrogen) atoms. The summed E-state index contributed by atoms with van der Waals surface area (Å²) < 4.78 is 7.68. The Bertz CT molecular complexity index is 976. The molecule has 6 heteroatoms. The zero-order chi connectivity index (χ0) is 21.3. The summed E-state index contributed by atoms with van der Waals surface area (Å²) in [5.74, 6) is 0. The zero-order valence-electron chi connectivity index (χ0n) is 18.0. The van der Waals surface area contributed by atoms with Gasteiger partial charge in [0.2, 0.25) is 0 Å². The lowest BCUT2D eigenvalue weighted by Crippen LogP contribution is -2.51. The molecule has 1 atom stereocenters. The van der Waals surface area contributed by atoms with E-state index in [1.807, 2.05) is 32.9 Å². The third kappa shape index (κ3) is 4.45. The van der Waals surface area contributed by atoms with Crippen LogP contribution in [0.1, 0.15) is 20.8 Å². The Morgan fingerprint density at radius 3 is 2.00 bits per heavy atom. The SMILES string of the molecule is CC(C)(C)OC(=O)N1CCN(CC(O)Cn2c3ccccc3c3ccccc32)CC1. The van der Waals surface area contributed by atoms with Crippen LogP contribution >= 0.6 is 0 Å². The first-order valence-corrected chi connectivity index (χ1v) is 10.7. The molecule has 0 bridgehead atoms. The number of aliphatic hydroxyl groups is 1. The van der Waals surface area contributed by atoms with Gasteiger partial charge < -0.3 is 19.3 Å². The highest BCUT2D eigenvalue weighted by Gasteiger charge is 2.26. The van der Waals surface area contributed by atoms with Gasteiger partial charge in [0, 0.05) is 54.5 Å². The second-order valence-corrected chi connectivity index (χ2v) is 9.07. The molecule has 3 aromatic rings. The maximum Gasteiger partial charge on any atom is 0.410 e. The summed E-state index contributed by atoms with van der Waals surface area (Å²) >= 11 is 0. The van der Waals surface area contributed by atoms with Crippen LogP contribution in [0.5, 0.6) is 0 Å². The van der Waals surface area contributed by atoms with Crippen LogP contribution in [0, 0.1) is 0 Å². The van der Waals surface area contributed by atoms with E-state index in [-0.39, 0.29) is 6.09 Å². The van der Waals surface area contributed by atoms with Crippen molar-refractivity contribution >= 4 is 27.9 Å². The van der Waals surface area contributed by atoms with Crippen molar-refractivity contribution in [1.29, 1.82) is 0 Å². The fourth-order valence-corrected chi connectivity index (χ4v) is 4.21. The van der Waals surface area contributed by atoms with E-state index in [0.29, 0.717) is 26.2 Å². The van der Waals surface area contributed by atoms with Crippen molar-refractivity contribution in [2.45, 2.75) is 39.0 Å². The van der Waals surface area contributed by atoms with E-state index in [0.717, 1.165) is 24.1 Å². The number of hydrogen-bond donors (Lipinski definition) is 1. The molecule has 0 saturated carbocycles. The maximum atomic E-state index is 12.2. The van der Waals surface area contributed by atoms with Crippen molar-refractivity contribution in [3.05, 3.63) is 48.5 Å². The minimum atomic E-state index is -0.489. The number of para-hydroxylation sites is 2. The molecular formula is C24H31N3O3. The molecule has 0 aliphatic carbocycles. The van der Waals surface area contributed by atoms with Crippen molar-refractivity contribution in [3.8, 4) is 0 Å². The van der Waals surface area contributed by atoms with E-state index in [2.05, 4.69) is 45.9 Å². The molecule has 1 N–H and O–H groups in total. The van der Waals surface area contributed by atoms with Crippen LogP contribution in [0.3, 0.4) is 0 Å². The number of aromatic nitrogens is 1. The lowest BCUT2D eigenvalue weighted by molar-refractivity contribution is 0.00950. The van der Waals surface area contributed by atoms with E-state index in [1.54, 1.807) is 4.90 Å². The minimum absolute atomic E-state index is 0.257. The molecule has 1 amide bonds. The van der Waals surface area contributed by atoms with E-state index in [9.17, 15) is 9.90 Å². The molecule has 1 aliphatic heterocycles. The van der Waals surface area contributed by atoms with Gasteiger partial charge in [-0.1, -0.05) is 36.4 Å². The van der Waals surface area contributed by atoms with Gasteiger partial charge in [-0.2, -0.15) is 0 Å². The number of aliphatic hydroxyl groups excluding tert-OH is 1. The Kier molecular flexibility index (Phi) is 5.71. The number of nitrogens with zero attached hydrogens (tertiary/aromatic N) is 3. The highest BCUT2D eigenvalue weighted by atomic mass is 16.6. The number of carbonyl (C=O) groups is 1. The first kappa shape index (κ1) is 20.7. The van der Waals surface area contributed by atoms with E-state index >= 15 is 0 Å². The molecule has 160 valence electrons. The molecule has 4 rings (SSSR count). The summed E-state index contributed by atoms with van der Waals surface area (Å²) in [7, 11) is 0. The normalized spacial score (nSPS) is 16.9. The summed E-state index contributed by atoms with van der Waals surface area (Å²) in [4.78, 5) is 16.2. The Balaban J connectivity index is 1.39. The zero-order valence-corrected chi connectivity index (χ0v) is 18.0. The van der Waals surface area contributed by atoms with Crippen LogP contribution in [0.4, 0.5) is 4.79 Å². The summed E-state index contributed by atoms with van der Waals surface area (Å²) in [5.41, 5.74) is 1.81. The van der Waals surface area contributed by atoms with Gasteiger partial charge in [-0.15, -0.1) is 0 Å². The molecule has 0 radical (unpaired) electrons. The van der Waals surface area contributed by atoms with Crippen LogP contribution in [0.25, 0.3) is 21.8 Å². The Labute approximate surface area is 177 Å². The molecule has 2 heterocycles. The molecule has 6 nitrogen and oxygen atoms in total. The highest BCUT2D eigenvalue weighted by Crippen LogP contribution is 2.29. The number of piperazine rings is 1. The van der Waals surface area contributed by atoms with Crippen LogP contribution in [-0.4, -0.2) is 70.0 Å². The van der Waals surface area contributed by atoms with Gasteiger partial charge in [-0.25, -0.2) is 4.79 Å². The van der Waals surface area contributed by atoms with E-state index < -0.39 is 11.7 Å². The van der Waals surface area contributed by atoms with E-state index in [1.165, 1.54) is 10.8 Å². The van der Waals surface area contributed by atoms with Crippen LogP contribution in [0.15, 0.2) is 48.5 Å². The van der Waals surface area contributed by atoms with Crippen molar-refractivity contribution < 1.29 is 14.6 Å². The number of amides is 1. The monoisotopic (exact) mass is 409 g/mol. The number of benzene rings is 2. The number of fused-ring (bicyclic) bond motifs is 3. The lowest BCUT2D eigenvalue weighted by Gasteiger charge is -2.36. The third-order valence-electron chi connectivity index (χ3n) is 5.57. The average Bonchev–Trinajstić information content (AvgIpc) is 3.01. The number of carbonyl (C=O) groups excluding carboxylic acids is 1. The van der Waals surface area contributed by atoms with Gasteiger partial charge in [-0.05, 0) is 32.9 Å². The maximum absolute atomic E-state index is 12.2. The molecule has 1 unspecified atom stereocenters. The predicted molar refractivity (Wildman–Crippen MR) is 120 cm³/mol. The van der Waals surface area contributed by atoms with Gasteiger partial charge in [0.05, 0.1) is 12.6 Å². The van der Waals surface area contributed by atoms with Gasteiger partial charge in [0.15, 0.2) is 0 Å². The van der Waals surface area contributed by atoms with Crippen LogP contribution in [-0.2, 0) is 11.3 Å². The molecule has 0 spiro atoms. The smallest absolute Gasteiger partial charge is 0.410 e. The summed E-state index contributed by atoms with van der Waals surface area (Å²) in [6, 6.07) is 16.7. The second kappa shape index (κ2) is 8.28. The molecule has 1 aromatic heterocycles. The van der Waals surface area contributed by atoms with E-state index in [4.69, 9.17) is 4.74 Å². The molecule has 1 fully saturated rings. The lowest BCUT2D eigenvalue weighted by atomic mass is 10.2. The molecule has 2 aromatic carbocycles. The quantitative estimate of drug-likeness (QED) is 0.714. The standard InChI is InChI=1S/C24H31N3O3/c1-24(2,3)30-23(29)26-14-12-25(13-15-26)16-18(28)17-27-21-10-6-4-8-19(21)20-9-5-7-11-22(20)27/h4-11,18,28H,12-17H2,1-3H3. The van der Waals surface area contributed by atoms with Crippen molar-refractivity contribution in [2.24, 2.45) is 0 Å². The molecule has 1 aliphatic rings. The number of ether oxygens (including phenoxy) is 1. The van der Waals surface area contributed by atoms with Crippen molar-refractivity contribution in [1.82, 2.24) is 14.4 Å². The first-order chi connectivity index (χ1) is 14.3. The fraction of sp³-hybridized carbons (Fsp3) is 0.458. The summed E-state index contributed by atoms with van der Waals surface area (Å²) in [6.07, 6.45) is -0.745. The number of β-amino-alcohol motifs (C(OH)–C–C–N with tert-alkyl or cyclic N) is 1. The highest BCUT2D eigenvalue weighted by molar-refractivity contribution is 6.07. The summed E-state index contributed by atoms with van der Waals surface area (Å²) in [5, 5.41) is 13.3. The van der Waals surface area contributed by atoms with Gasteiger partial charge in [-0.3, -0.25) is 4.90 Å². The Hall–Kier alpha value is -2.57. The van der Waals surface area contributed by atoms with Crippen LogP contribution in [0.2, 0.25) is 0 Å². The first-order valence-electron chi connectivity index (χ1n) is 10.7. The predicted octanol–water partition coefficient (Wildman–Crippen LogP) is 3.71. The second-order valence-electron chi connectivity index (χ2n) is 9.07. The van der Waals surface area contributed by atoms with Gasteiger partial charge in [0.25, 0.3) is 0 Å². The third-order valence-corrected chi connectivity index (χ3v) is 5.57. The van der Waals surface area contributed by atoms with Crippen molar-refractivity contribution in [2.75, 3.05) is 32.7 Å². The number of rotatable bonds is 4. The Morgan fingerprint density at radius 1 is 0.933 bits per heavy atom. The van der Waals surface area contributed by atoms with Gasteiger partial charge >= 0.3 is 6.09 Å². The minimum Gasteiger partial charge on any atom is -0.444 e. The largest absolute Gasteiger partial charge is 0.444 e. The van der Waals surface area contributed by atoms with Crippen molar-refractivity contribution in [3.63, 3.8) is 0 Å². The molecule has 1 saturated heterocycles. The fourth-order valence-electron chi connectivity index (χ4n) is 4.21. The average molecular weight is 410 g/mol. The van der Waals surface area contributed by atoms with Crippen LogP contribution < -0.4 is 0 Å². The van der Waals surface area contributed by atoms with Gasteiger partial charge in [0.1, 0.15) is 5.60 Å². The topological polar surface area (TPSA) is 57.9 Å². The molecular weight excluding hydrogens is 378 g/mol. The summed E-state index contributed by atoms with van der Waals surface area (Å²) in [6.45, 7) is 9.49.